The molecule has 1 aliphatic heterocycles. The molecule has 0 aromatic carbocycles. The van der Waals surface area contributed by atoms with Crippen molar-refractivity contribution in [2.24, 2.45) is 11.8 Å². The minimum atomic E-state index is 0.0917. The Hall–Kier alpha value is -0.570. The van der Waals surface area contributed by atoms with Crippen molar-refractivity contribution >= 4 is 5.91 Å². The number of rotatable bonds is 2. The number of fused-ring (bicyclic) bond motifs is 1. The molecule has 0 aromatic heterocycles. The van der Waals surface area contributed by atoms with Crippen LogP contribution in [0.2, 0.25) is 0 Å². The van der Waals surface area contributed by atoms with Gasteiger partial charge in [-0.25, -0.2) is 0 Å². The lowest BCUT2D eigenvalue weighted by Gasteiger charge is -2.24. The third kappa shape index (κ3) is 2.56. The predicted molar refractivity (Wildman–Crippen MR) is 72.2 cm³/mol. The van der Waals surface area contributed by atoms with Crippen LogP contribution in [0.25, 0.3) is 0 Å². The summed E-state index contributed by atoms with van der Waals surface area (Å²) in [6.07, 6.45) is 9.97. The monoisotopic (exact) mass is 250 g/mol. The molecule has 5 atom stereocenters. The average molecular weight is 250 g/mol. The summed E-state index contributed by atoms with van der Waals surface area (Å²) in [4.78, 5) is 12.3. The number of nitrogens with one attached hydrogen (secondary N) is 2. The zero-order chi connectivity index (χ0) is 12.5. The Labute approximate surface area is 110 Å². The van der Waals surface area contributed by atoms with Crippen molar-refractivity contribution in [2.45, 2.75) is 76.4 Å². The van der Waals surface area contributed by atoms with Crippen LogP contribution in [0, 0.1) is 11.8 Å². The molecule has 1 amide bonds. The van der Waals surface area contributed by atoms with Gasteiger partial charge < -0.3 is 10.6 Å². The van der Waals surface area contributed by atoms with Gasteiger partial charge in [0.25, 0.3) is 0 Å². The van der Waals surface area contributed by atoms with Crippen molar-refractivity contribution in [1.29, 1.82) is 0 Å². The highest BCUT2D eigenvalue weighted by molar-refractivity contribution is 5.82. The number of carbonyl (C=O) groups is 1. The first kappa shape index (κ1) is 12.5. The highest BCUT2D eigenvalue weighted by atomic mass is 16.2. The van der Waals surface area contributed by atoms with Crippen LogP contribution in [0.4, 0.5) is 0 Å². The molecular weight excluding hydrogens is 224 g/mol. The summed E-state index contributed by atoms with van der Waals surface area (Å²) in [5.41, 5.74) is 0. The summed E-state index contributed by atoms with van der Waals surface area (Å²) < 4.78 is 0. The zero-order valence-electron chi connectivity index (χ0n) is 11.5. The van der Waals surface area contributed by atoms with Crippen molar-refractivity contribution in [3.8, 4) is 0 Å². The molecule has 3 fully saturated rings. The highest BCUT2D eigenvalue weighted by Crippen LogP contribution is 2.33. The van der Waals surface area contributed by atoms with Crippen LogP contribution in [0.1, 0.15) is 58.3 Å². The quantitative estimate of drug-likeness (QED) is 0.789. The van der Waals surface area contributed by atoms with Gasteiger partial charge in [0, 0.05) is 12.1 Å². The molecule has 3 aliphatic rings. The van der Waals surface area contributed by atoms with Crippen LogP contribution in [-0.2, 0) is 4.79 Å². The zero-order valence-corrected chi connectivity index (χ0v) is 11.5. The van der Waals surface area contributed by atoms with Crippen molar-refractivity contribution in [2.75, 3.05) is 0 Å². The summed E-state index contributed by atoms with van der Waals surface area (Å²) in [6.45, 7) is 2.29. The van der Waals surface area contributed by atoms with Crippen molar-refractivity contribution in [3.05, 3.63) is 0 Å². The van der Waals surface area contributed by atoms with E-state index in [1.54, 1.807) is 0 Å². The summed E-state index contributed by atoms with van der Waals surface area (Å²) >= 11 is 0. The van der Waals surface area contributed by atoms with Gasteiger partial charge in [0.2, 0.25) is 5.91 Å². The first-order chi connectivity index (χ1) is 8.72. The first-order valence-electron chi connectivity index (χ1n) is 7.79. The van der Waals surface area contributed by atoms with Gasteiger partial charge in [0.15, 0.2) is 0 Å². The Balaban J connectivity index is 1.51. The van der Waals surface area contributed by atoms with E-state index in [2.05, 4.69) is 17.6 Å². The summed E-state index contributed by atoms with van der Waals surface area (Å²) in [5, 5.41) is 6.83. The molecule has 2 saturated carbocycles. The lowest BCUT2D eigenvalue weighted by Crippen LogP contribution is -2.46. The fourth-order valence-electron chi connectivity index (χ4n) is 4.16. The average Bonchev–Trinajstić information content (AvgIpc) is 2.95. The van der Waals surface area contributed by atoms with E-state index in [1.807, 2.05) is 0 Å². The van der Waals surface area contributed by atoms with E-state index >= 15 is 0 Å². The molecule has 1 saturated heterocycles. The van der Waals surface area contributed by atoms with Gasteiger partial charge >= 0.3 is 0 Å². The number of amides is 1. The normalized spacial score (nSPS) is 43.7. The smallest absolute Gasteiger partial charge is 0.237 e. The van der Waals surface area contributed by atoms with Gasteiger partial charge in [-0.3, -0.25) is 4.79 Å². The molecule has 102 valence electrons. The van der Waals surface area contributed by atoms with Crippen molar-refractivity contribution < 1.29 is 4.79 Å². The Bertz CT molecular complexity index is 304. The minimum absolute atomic E-state index is 0.0917. The summed E-state index contributed by atoms with van der Waals surface area (Å²) in [6, 6.07) is 1.16. The molecule has 2 N–H and O–H groups in total. The van der Waals surface area contributed by atoms with Crippen LogP contribution in [0.5, 0.6) is 0 Å². The summed E-state index contributed by atoms with van der Waals surface area (Å²) in [5.74, 6) is 1.81. The molecule has 3 rings (SSSR count). The topological polar surface area (TPSA) is 41.1 Å². The molecule has 0 spiro atoms. The van der Waals surface area contributed by atoms with E-state index in [1.165, 1.54) is 44.9 Å². The summed E-state index contributed by atoms with van der Waals surface area (Å²) in [7, 11) is 0. The Morgan fingerprint density at radius 3 is 2.67 bits per heavy atom. The predicted octanol–water partition coefficient (Wildman–Crippen LogP) is 2.21. The minimum Gasteiger partial charge on any atom is -0.352 e. The fraction of sp³-hybridized carbons (Fsp3) is 0.933. The maximum atomic E-state index is 12.3. The molecule has 2 aliphatic carbocycles. The Kier molecular flexibility index (Phi) is 3.60. The number of carbonyl (C=O) groups excluding carboxylic acids is 1. The Morgan fingerprint density at radius 2 is 1.94 bits per heavy atom. The van der Waals surface area contributed by atoms with E-state index in [9.17, 15) is 4.79 Å². The molecule has 0 aromatic rings. The second-order valence-electron chi connectivity index (χ2n) is 6.73. The molecule has 18 heavy (non-hydrogen) atoms. The largest absolute Gasteiger partial charge is 0.352 e. The van der Waals surface area contributed by atoms with E-state index in [0.29, 0.717) is 12.1 Å². The molecular formula is C15H26N2O. The van der Waals surface area contributed by atoms with Crippen LogP contribution in [0.3, 0.4) is 0 Å². The highest BCUT2D eigenvalue weighted by Gasteiger charge is 2.38. The standard InChI is InChI=1S/C15H26N2O/c1-10-6-7-12(8-10)16-15(18)14-9-11-4-2-3-5-13(11)17-14/h10-14,17H,2-9H2,1H3,(H,16,18). The third-order valence-corrected chi connectivity index (χ3v) is 5.22. The molecule has 3 heteroatoms. The van der Waals surface area contributed by atoms with Crippen molar-refractivity contribution in [3.63, 3.8) is 0 Å². The van der Waals surface area contributed by atoms with E-state index in [-0.39, 0.29) is 11.9 Å². The second kappa shape index (κ2) is 5.20. The second-order valence-corrected chi connectivity index (χ2v) is 6.73. The molecule has 3 nitrogen and oxygen atoms in total. The van der Waals surface area contributed by atoms with Crippen LogP contribution < -0.4 is 10.6 Å². The van der Waals surface area contributed by atoms with Gasteiger partial charge in [-0.05, 0) is 50.4 Å². The van der Waals surface area contributed by atoms with E-state index < -0.39 is 0 Å². The van der Waals surface area contributed by atoms with E-state index in [4.69, 9.17) is 0 Å². The number of hydrogen-bond acceptors (Lipinski definition) is 2. The lowest BCUT2D eigenvalue weighted by molar-refractivity contribution is -0.123. The first-order valence-corrected chi connectivity index (χ1v) is 7.79. The van der Waals surface area contributed by atoms with Gasteiger partial charge in [-0.1, -0.05) is 19.8 Å². The molecule has 0 radical (unpaired) electrons. The van der Waals surface area contributed by atoms with Crippen LogP contribution in [0.15, 0.2) is 0 Å². The molecule has 5 unspecified atom stereocenters. The lowest BCUT2D eigenvalue weighted by atomic mass is 9.85. The van der Waals surface area contributed by atoms with Crippen LogP contribution >= 0.6 is 0 Å². The number of hydrogen-bond donors (Lipinski definition) is 2. The van der Waals surface area contributed by atoms with Gasteiger partial charge in [0.1, 0.15) is 0 Å². The third-order valence-electron chi connectivity index (χ3n) is 5.22. The molecule has 1 heterocycles. The SMILES string of the molecule is CC1CCC(NC(=O)C2CC3CCCCC3N2)C1. The maximum Gasteiger partial charge on any atom is 0.237 e. The fourth-order valence-corrected chi connectivity index (χ4v) is 4.16. The van der Waals surface area contributed by atoms with E-state index in [0.717, 1.165) is 18.3 Å². The van der Waals surface area contributed by atoms with Gasteiger partial charge in [0.05, 0.1) is 6.04 Å². The van der Waals surface area contributed by atoms with Crippen molar-refractivity contribution in [1.82, 2.24) is 10.6 Å². The Morgan fingerprint density at radius 1 is 1.11 bits per heavy atom. The van der Waals surface area contributed by atoms with Gasteiger partial charge in [-0.15, -0.1) is 0 Å². The molecule has 0 bridgehead atoms. The van der Waals surface area contributed by atoms with Crippen LogP contribution in [-0.4, -0.2) is 24.0 Å². The maximum absolute atomic E-state index is 12.3. The van der Waals surface area contributed by atoms with Gasteiger partial charge in [-0.2, -0.15) is 0 Å².